The predicted octanol–water partition coefficient (Wildman–Crippen LogP) is -0.918. The van der Waals surface area contributed by atoms with Crippen LogP contribution in [0.15, 0.2) is 21.8 Å². The number of amidine groups is 1. The van der Waals surface area contributed by atoms with E-state index < -0.39 is 20.8 Å². The third-order valence-electron chi connectivity index (χ3n) is 2.53. The molecule has 1 atom stereocenters. The fraction of sp³-hybridized carbons (Fsp3) is 0.375. The molecule has 8 heteroatoms. The van der Waals surface area contributed by atoms with Gasteiger partial charge in [-0.05, 0) is 6.08 Å². The summed E-state index contributed by atoms with van der Waals surface area (Å²) in [6.07, 6.45) is 3.81. The second-order valence-corrected chi connectivity index (χ2v) is 5.62. The summed E-state index contributed by atoms with van der Waals surface area (Å²) in [5.74, 6) is -1.40. The van der Waals surface area contributed by atoms with Crippen LogP contribution in [0.2, 0.25) is 0 Å². The fourth-order valence-corrected chi connectivity index (χ4v) is 2.90. The molecule has 7 nitrogen and oxygen atoms in total. The second kappa shape index (κ2) is 2.91. The van der Waals surface area contributed by atoms with Crippen LogP contribution in [0.1, 0.15) is 0 Å². The Bertz CT molecular complexity index is 560. The molecule has 0 spiro atoms. The lowest BCUT2D eigenvalue weighted by atomic mass is 10.4. The largest absolute Gasteiger partial charge is 0.477 e. The minimum absolute atomic E-state index is 0.135. The fourth-order valence-electron chi connectivity index (χ4n) is 1.73. The van der Waals surface area contributed by atoms with Crippen molar-refractivity contribution in [1.29, 1.82) is 0 Å². The Balaban J connectivity index is 2.70. The maximum absolute atomic E-state index is 11.6. The van der Waals surface area contributed by atoms with Crippen LogP contribution in [0.5, 0.6) is 0 Å². The lowest BCUT2D eigenvalue weighted by molar-refractivity contribution is -0.143. The van der Waals surface area contributed by atoms with Crippen LogP contribution >= 0.6 is 0 Å². The van der Waals surface area contributed by atoms with Crippen LogP contribution in [0.4, 0.5) is 0 Å². The number of carbonyl (C=O) groups is 1. The van der Waals surface area contributed by atoms with Gasteiger partial charge in [0.2, 0.25) is 9.84 Å². The van der Waals surface area contributed by atoms with E-state index in [9.17, 15) is 13.2 Å². The molecule has 86 valence electrons. The van der Waals surface area contributed by atoms with Crippen molar-refractivity contribution in [3.63, 3.8) is 0 Å². The number of allylic oxidation sites excluding steroid dienone is 1. The maximum Gasteiger partial charge on any atom is 0.369 e. The van der Waals surface area contributed by atoms with Crippen LogP contribution in [0.3, 0.4) is 0 Å². The molecule has 0 bridgehead atoms. The van der Waals surface area contributed by atoms with Crippen LogP contribution in [0.25, 0.3) is 0 Å². The molecule has 0 aromatic carbocycles. The summed E-state index contributed by atoms with van der Waals surface area (Å²) in [6.45, 7) is 0. The summed E-state index contributed by atoms with van der Waals surface area (Å²) in [6, 6.07) is 0. The van der Waals surface area contributed by atoms with Crippen molar-refractivity contribution in [2.75, 3.05) is 13.3 Å². The van der Waals surface area contributed by atoms with Crippen LogP contribution < -0.4 is 0 Å². The molecular formula is C8H9N3O4S. The number of rotatable bonds is 2. The van der Waals surface area contributed by atoms with Crippen LogP contribution in [0, 0.1) is 0 Å². The zero-order chi connectivity index (χ0) is 12.1. The smallest absolute Gasteiger partial charge is 0.369 e. The van der Waals surface area contributed by atoms with Gasteiger partial charge in [-0.2, -0.15) is 0 Å². The monoisotopic (exact) mass is 243 g/mol. The molecule has 0 aromatic rings. The van der Waals surface area contributed by atoms with Crippen LogP contribution in [-0.4, -0.2) is 54.7 Å². The maximum atomic E-state index is 11.6. The van der Waals surface area contributed by atoms with E-state index in [-0.39, 0.29) is 5.84 Å². The Hall–Kier alpha value is -1.70. The molecule has 0 saturated carbocycles. The number of sulfone groups is 1. The first-order valence-electron chi connectivity index (χ1n) is 4.32. The number of carboxylic acids is 1. The first kappa shape index (κ1) is 10.8. The van der Waals surface area contributed by atoms with Gasteiger partial charge in [-0.15, -0.1) is 0 Å². The average molecular weight is 243 g/mol. The van der Waals surface area contributed by atoms with Gasteiger partial charge in [-0.3, -0.25) is 0 Å². The minimum Gasteiger partial charge on any atom is -0.477 e. The van der Waals surface area contributed by atoms with Gasteiger partial charge >= 0.3 is 11.0 Å². The molecule has 2 heterocycles. The van der Waals surface area contributed by atoms with Gasteiger partial charge in [0.1, 0.15) is 0 Å². The Morgan fingerprint density at radius 2 is 2.19 bits per heavy atom. The number of aliphatic imine (C=N–C) groups is 2. The van der Waals surface area contributed by atoms with E-state index in [0.29, 0.717) is 5.70 Å². The topological polar surface area (TPSA) is 99.4 Å². The van der Waals surface area contributed by atoms with Crippen molar-refractivity contribution in [2.24, 2.45) is 9.98 Å². The van der Waals surface area contributed by atoms with Crippen molar-refractivity contribution < 1.29 is 18.3 Å². The first-order valence-corrected chi connectivity index (χ1v) is 6.21. The average Bonchev–Trinajstić information content (AvgIpc) is 2.65. The lowest BCUT2D eigenvalue weighted by Gasteiger charge is -2.28. The number of fused-ring (bicyclic) bond motifs is 1. The molecule has 0 aliphatic carbocycles. The summed E-state index contributed by atoms with van der Waals surface area (Å²) in [4.78, 5) is 17.5. The van der Waals surface area contributed by atoms with Gasteiger partial charge < -0.3 is 10.0 Å². The highest BCUT2D eigenvalue weighted by molar-refractivity contribution is 7.92. The van der Waals surface area contributed by atoms with E-state index in [4.69, 9.17) is 5.11 Å². The van der Waals surface area contributed by atoms with Gasteiger partial charge in [0.25, 0.3) is 0 Å². The molecule has 2 aliphatic heterocycles. The van der Waals surface area contributed by atoms with Gasteiger partial charge in [0, 0.05) is 19.5 Å². The Morgan fingerprint density at radius 3 is 2.62 bits per heavy atom. The molecule has 0 radical (unpaired) electrons. The van der Waals surface area contributed by atoms with E-state index in [2.05, 4.69) is 9.98 Å². The number of hydrogen-bond acceptors (Lipinski definition) is 6. The minimum atomic E-state index is -3.93. The molecule has 2 rings (SSSR count). The number of aliphatic carboxylic acids is 1. The van der Waals surface area contributed by atoms with Crippen molar-refractivity contribution in [3.8, 4) is 0 Å². The second-order valence-electron chi connectivity index (χ2n) is 3.51. The normalized spacial score (nSPS) is 27.8. The molecule has 16 heavy (non-hydrogen) atoms. The summed E-state index contributed by atoms with van der Waals surface area (Å²) < 4.78 is 23.3. The summed E-state index contributed by atoms with van der Waals surface area (Å²) in [5.41, 5.74) is 0.396. The highest BCUT2D eigenvalue weighted by atomic mass is 32.2. The van der Waals surface area contributed by atoms with E-state index >= 15 is 0 Å². The highest BCUT2D eigenvalue weighted by Gasteiger charge is 2.58. The standard InChI is InChI=1S/C8H9N3O4S/c1-11-5-3-4-9-6(5)10-8(11,7(12)13)16(2,14)15/h3-4H,1-2H3,(H,12,13). The quantitative estimate of drug-likeness (QED) is 0.676. The van der Waals surface area contributed by atoms with E-state index in [1.54, 1.807) is 0 Å². The molecule has 0 aromatic heterocycles. The summed E-state index contributed by atoms with van der Waals surface area (Å²) >= 11 is 0. The van der Waals surface area contributed by atoms with Crippen molar-refractivity contribution >= 4 is 27.9 Å². The third-order valence-corrected chi connectivity index (χ3v) is 4.10. The van der Waals surface area contributed by atoms with Crippen molar-refractivity contribution in [2.45, 2.75) is 4.99 Å². The Labute approximate surface area is 91.7 Å². The molecule has 0 saturated heterocycles. The van der Waals surface area contributed by atoms with Crippen molar-refractivity contribution in [1.82, 2.24) is 4.90 Å². The zero-order valence-electron chi connectivity index (χ0n) is 8.58. The highest BCUT2D eigenvalue weighted by Crippen LogP contribution is 2.35. The van der Waals surface area contributed by atoms with Gasteiger partial charge in [-0.1, -0.05) is 0 Å². The van der Waals surface area contributed by atoms with Crippen LogP contribution in [-0.2, 0) is 14.6 Å². The summed E-state index contributed by atoms with van der Waals surface area (Å²) in [5, 5.41) is 9.12. The number of nitrogens with zero attached hydrogens (tertiary/aromatic N) is 3. The van der Waals surface area contributed by atoms with Gasteiger partial charge in [0.05, 0.1) is 5.70 Å². The molecular weight excluding hydrogens is 234 g/mol. The molecule has 1 N–H and O–H groups in total. The van der Waals surface area contributed by atoms with E-state index in [0.717, 1.165) is 11.2 Å². The van der Waals surface area contributed by atoms with E-state index in [1.165, 1.54) is 19.3 Å². The Kier molecular flexibility index (Phi) is 1.96. The number of hydrogen-bond donors (Lipinski definition) is 1. The molecule has 1 unspecified atom stereocenters. The SMILES string of the molecule is CN1C2=CC=NC2=NC1(C(=O)O)S(C)(=O)=O. The van der Waals surface area contributed by atoms with E-state index in [1.807, 2.05) is 0 Å². The number of carboxylic acid groups (broad SMARTS) is 1. The molecule has 0 amide bonds. The first-order chi connectivity index (χ1) is 7.30. The predicted molar refractivity (Wildman–Crippen MR) is 57.0 cm³/mol. The number of likely N-dealkylation sites (N-methyl/N-ethyl adjacent to an activating group) is 1. The molecule has 0 fully saturated rings. The molecule has 2 aliphatic rings. The van der Waals surface area contributed by atoms with Gasteiger partial charge in [-0.25, -0.2) is 23.2 Å². The van der Waals surface area contributed by atoms with Crippen molar-refractivity contribution in [3.05, 3.63) is 11.8 Å². The third kappa shape index (κ3) is 1.07. The summed E-state index contributed by atoms with van der Waals surface area (Å²) in [7, 11) is -2.56. The van der Waals surface area contributed by atoms with Gasteiger partial charge in [0.15, 0.2) is 5.84 Å². The Morgan fingerprint density at radius 1 is 1.56 bits per heavy atom. The zero-order valence-corrected chi connectivity index (χ0v) is 9.39. The lowest BCUT2D eigenvalue weighted by Crippen LogP contribution is -2.53.